The average molecular weight is 341 g/mol. The van der Waals surface area contributed by atoms with Gasteiger partial charge in [0.15, 0.2) is 0 Å². The van der Waals surface area contributed by atoms with Crippen LogP contribution in [-0.2, 0) is 0 Å². The van der Waals surface area contributed by atoms with E-state index in [9.17, 15) is 4.79 Å². The van der Waals surface area contributed by atoms with Crippen LogP contribution in [-0.4, -0.2) is 37.6 Å². The summed E-state index contributed by atoms with van der Waals surface area (Å²) in [4.78, 5) is 14.8. The molecule has 0 aliphatic carbocycles. The third-order valence-electron chi connectivity index (χ3n) is 4.39. The van der Waals surface area contributed by atoms with Crippen LogP contribution in [0.15, 0.2) is 48.5 Å². The van der Waals surface area contributed by atoms with Crippen molar-refractivity contribution in [3.63, 3.8) is 0 Å². The summed E-state index contributed by atoms with van der Waals surface area (Å²) in [6.45, 7) is 6.52. The van der Waals surface area contributed by atoms with E-state index < -0.39 is 0 Å². The molecule has 0 heterocycles. The number of nitrogen functional groups attached to an aromatic ring is 1. The number of carbonyl (C=O) groups excluding carboxylic acids is 1. The Morgan fingerprint density at radius 3 is 2.52 bits per heavy atom. The third-order valence-corrected chi connectivity index (χ3v) is 4.39. The summed E-state index contributed by atoms with van der Waals surface area (Å²) in [5, 5.41) is 3.02. The Bertz CT molecular complexity index is 699. The quantitative estimate of drug-likeness (QED) is 0.724. The summed E-state index contributed by atoms with van der Waals surface area (Å²) in [5.74, 6) is 0.659. The summed E-state index contributed by atoms with van der Waals surface area (Å²) in [6, 6.07) is 15.2. The second kappa shape index (κ2) is 9.08. The second-order valence-corrected chi connectivity index (χ2v) is 5.81. The van der Waals surface area contributed by atoms with Crippen molar-refractivity contribution in [2.75, 3.05) is 32.5 Å². The van der Waals surface area contributed by atoms with E-state index in [0.717, 1.165) is 24.4 Å². The Morgan fingerprint density at radius 1 is 1.16 bits per heavy atom. The van der Waals surface area contributed by atoms with Crippen LogP contribution in [0.3, 0.4) is 0 Å². The van der Waals surface area contributed by atoms with Gasteiger partial charge in [0, 0.05) is 12.2 Å². The van der Waals surface area contributed by atoms with Crippen LogP contribution in [0.1, 0.15) is 35.8 Å². The first-order chi connectivity index (χ1) is 12.1. The zero-order valence-corrected chi connectivity index (χ0v) is 15.2. The fraction of sp³-hybridized carbons (Fsp3) is 0.350. The van der Waals surface area contributed by atoms with Crippen molar-refractivity contribution in [1.29, 1.82) is 0 Å². The number of likely N-dealkylation sites (N-methyl/N-ethyl adjacent to an activating group) is 1. The lowest BCUT2D eigenvalue weighted by Crippen LogP contribution is -2.38. The lowest BCUT2D eigenvalue weighted by atomic mass is 10.0. The smallest absolute Gasteiger partial charge is 0.253 e. The molecule has 0 saturated heterocycles. The van der Waals surface area contributed by atoms with Crippen molar-refractivity contribution in [3.8, 4) is 5.75 Å². The summed E-state index contributed by atoms with van der Waals surface area (Å²) >= 11 is 0. The first-order valence-corrected chi connectivity index (χ1v) is 8.61. The van der Waals surface area contributed by atoms with Crippen molar-refractivity contribution in [2.24, 2.45) is 0 Å². The molecule has 1 unspecified atom stereocenters. The van der Waals surface area contributed by atoms with Crippen LogP contribution in [0, 0.1) is 0 Å². The lowest BCUT2D eigenvalue weighted by molar-refractivity contribution is 0.0936. The van der Waals surface area contributed by atoms with E-state index in [-0.39, 0.29) is 11.9 Å². The van der Waals surface area contributed by atoms with Crippen molar-refractivity contribution >= 4 is 11.6 Å². The molecule has 5 nitrogen and oxygen atoms in total. The molecule has 5 heteroatoms. The number of nitrogens with one attached hydrogen (secondary N) is 1. The number of carbonyl (C=O) groups is 1. The normalized spacial score (nSPS) is 12.0. The molecule has 1 atom stereocenters. The van der Waals surface area contributed by atoms with E-state index >= 15 is 0 Å². The van der Waals surface area contributed by atoms with Gasteiger partial charge >= 0.3 is 0 Å². The summed E-state index contributed by atoms with van der Waals surface area (Å²) in [7, 11) is 1.66. The number of anilines is 1. The number of methoxy groups -OCH3 is 1. The number of nitrogens with zero attached hydrogens (tertiary/aromatic N) is 1. The van der Waals surface area contributed by atoms with E-state index in [1.165, 1.54) is 0 Å². The summed E-state index contributed by atoms with van der Waals surface area (Å²) in [5.41, 5.74) is 8.01. The third kappa shape index (κ3) is 4.73. The maximum atomic E-state index is 12.5. The molecule has 0 saturated carbocycles. The minimum absolute atomic E-state index is 0.0685. The van der Waals surface area contributed by atoms with Gasteiger partial charge < -0.3 is 15.8 Å². The molecule has 2 aromatic carbocycles. The highest BCUT2D eigenvalue weighted by molar-refractivity contribution is 5.99. The lowest BCUT2D eigenvalue weighted by Gasteiger charge is -2.30. The molecule has 2 aromatic rings. The second-order valence-electron chi connectivity index (χ2n) is 5.81. The van der Waals surface area contributed by atoms with Gasteiger partial charge in [0.25, 0.3) is 5.91 Å². The van der Waals surface area contributed by atoms with Gasteiger partial charge in [-0.25, -0.2) is 0 Å². The van der Waals surface area contributed by atoms with E-state index in [1.54, 1.807) is 19.2 Å². The summed E-state index contributed by atoms with van der Waals surface area (Å²) in [6.07, 6.45) is 0. The molecule has 0 radical (unpaired) electrons. The van der Waals surface area contributed by atoms with E-state index in [2.05, 4.69) is 30.1 Å². The molecular weight excluding hydrogens is 314 g/mol. The number of para-hydroxylation sites is 1. The predicted octanol–water partition coefficient (Wildman–Crippen LogP) is 3.09. The SMILES string of the molecule is CCN(CC)C(CNC(=O)c1ccccc1N)c1cccc(OC)c1. The van der Waals surface area contributed by atoms with Gasteiger partial charge in [-0.15, -0.1) is 0 Å². The highest BCUT2D eigenvalue weighted by Crippen LogP contribution is 2.24. The molecule has 134 valence electrons. The first-order valence-electron chi connectivity index (χ1n) is 8.61. The number of nitrogens with two attached hydrogens (primary N) is 1. The number of benzene rings is 2. The minimum atomic E-state index is -0.154. The molecule has 0 aliphatic rings. The van der Waals surface area contributed by atoms with E-state index in [0.29, 0.717) is 17.8 Å². The van der Waals surface area contributed by atoms with Gasteiger partial charge in [0.2, 0.25) is 0 Å². The molecule has 25 heavy (non-hydrogen) atoms. The molecule has 2 rings (SSSR count). The zero-order valence-electron chi connectivity index (χ0n) is 15.2. The Hall–Kier alpha value is -2.53. The average Bonchev–Trinajstić information content (AvgIpc) is 2.65. The Labute approximate surface area is 149 Å². The molecule has 0 aliphatic heterocycles. The fourth-order valence-corrected chi connectivity index (χ4v) is 2.96. The maximum absolute atomic E-state index is 12.5. The fourth-order valence-electron chi connectivity index (χ4n) is 2.96. The van der Waals surface area contributed by atoms with Crippen molar-refractivity contribution in [2.45, 2.75) is 19.9 Å². The zero-order chi connectivity index (χ0) is 18.2. The molecule has 0 fully saturated rings. The molecule has 0 bridgehead atoms. The highest BCUT2D eigenvalue weighted by atomic mass is 16.5. The monoisotopic (exact) mass is 341 g/mol. The van der Waals surface area contributed by atoms with Gasteiger partial charge in [0.05, 0.1) is 18.7 Å². The number of ether oxygens (including phenoxy) is 1. The molecular formula is C20H27N3O2. The van der Waals surface area contributed by atoms with Crippen LogP contribution in [0.2, 0.25) is 0 Å². The molecule has 0 aromatic heterocycles. The number of hydrogen-bond donors (Lipinski definition) is 2. The van der Waals surface area contributed by atoms with Crippen LogP contribution in [0.4, 0.5) is 5.69 Å². The van der Waals surface area contributed by atoms with Crippen molar-refractivity contribution < 1.29 is 9.53 Å². The standard InChI is InChI=1S/C20H27N3O2/c1-4-23(5-2)19(15-9-8-10-16(13-15)25-3)14-22-20(24)17-11-6-7-12-18(17)21/h6-13,19H,4-5,14,21H2,1-3H3,(H,22,24). The number of hydrogen-bond acceptors (Lipinski definition) is 4. The number of amides is 1. The van der Waals surface area contributed by atoms with Crippen LogP contribution < -0.4 is 15.8 Å². The van der Waals surface area contributed by atoms with Crippen LogP contribution >= 0.6 is 0 Å². The van der Waals surface area contributed by atoms with Gasteiger partial charge in [-0.05, 0) is 42.9 Å². The van der Waals surface area contributed by atoms with E-state index in [4.69, 9.17) is 10.5 Å². The largest absolute Gasteiger partial charge is 0.497 e. The van der Waals surface area contributed by atoms with Crippen molar-refractivity contribution in [3.05, 3.63) is 59.7 Å². The van der Waals surface area contributed by atoms with Crippen LogP contribution in [0.25, 0.3) is 0 Å². The predicted molar refractivity (Wildman–Crippen MR) is 102 cm³/mol. The van der Waals surface area contributed by atoms with Crippen LogP contribution in [0.5, 0.6) is 5.75 Å². The topological polar surface area (TPSA) is 67.6 Å². The highest BCUT2D eigenvalue weighted by Gasteiger charge is 2.20. The summed E-state index contributed by atoms with van der Waals surface area (Å²) < 4.78 is 5.34. The Morgan fingerprint density at radius 2 is 1.88 bits per heavy atom. The molecule has 1 amide bonds. The molecule has 0 spiro atoms. The van der Waals surface area contributed by atoms with Gasteiger partial charge in [-0.2, -0.15) is 0 Å². The van der Waals surface area contributed by atoms with Crippen molar-refractivity contribution in [1.82, 2.24) is 10.2 Å². The maximum Gasteiger partial charge on any atom is 0.253 e. The number of rotatable bonds is 8. The first kappa shape index (κ1) is 18.8. The van der Waals surface area contributed by atoms with E-state index in [1.807, 2.05) is 30.3 Å². The van der Waals surface area contributed by atoms with Gasteiger partial charge in [-0.1, -0.05) is 38.1 Å². The van der Waals surface area contributed by atoms with Gasteiger partial charge in [0.1, 0.15) is 5.75 Å². The Balaban J connectivity index is 2.19. The Kier molecular flexibility index (Phi) is 6.83. The van der Waals surface area contributed by atoms with Gasteiger partial charge in [-0.3, -0.25) is 9.69 Å². The minimum Gasteiger partial charge on any atom is -0.497 e. The molecule has 3 N–H and O–H groups in total.